The Bertz CT molecular complexity index is 2110. The van der Waals surface area contributed by atoms with Gasteiger partial charge in [0.2, 0.25) is 0 Å². The highest BCUT2D eigenvalue weighted by Gasteiger charge is 2.40. The number of benzene rings is 4. The molecule has 0 radical (unpaired) electrons. The molecule has 4 aromatic rings. The van der Waals surface area contributed by atoms with Crippen LogP contribution in [0.4, 0.5) is 0 Å². The van der Waals surface area contributed by atoms with Crippen molar-refractivity contribution in [2.75, 3.05) is 13.2 Å². The maximum Gasteiger partial charge on any atom is 0.304 e. The molecule has 60 heavy (non-hydrogen) atoms. The summed E-state index contributed by atoms with van der Waals surface area (Å²) in [5.74, 6) is 2.69. The van der Waals surface area contributed by atoms with Crippen LogP contribution in [-0.2, 0) is 22.4 Å². The molecule has 316 valence electrons. The minimum absolute atomic E-state index is 0.0683. The molecule has 2 heterocycles. The lowest BCUT2D eigenvalue weighted by Crippen LogP contribution is -2.17. The lowest BCUT2D eigenvalue weighted by atomic mass is 9.76. The first-order valence-corrected chi connectivity index (χ1v) is 22.4. The van der Waals surface area contributed by atoms with Crippen LogP contribution in [0.25, 0.3) is 0 Å². The highest BCUT2D eigenvalue weighted by Crippen LogP contribution is 2.53. The van der Waals surface area contributed by atoms with Crippen molar-refractivity contribution in [3.05, 3.63) is 117 Å². The lowest BCUT2D eigenvalue weighted by Gasteiger charge is -2.29. The second-order valence-corrected chi connectivity index (χ2v) is 19.6. The molecular formula is C52H60O8. The maximum atomic E-state index is 11.1. The van der Waals surface area contributed by atoms with E-state index in [1.165, 1.54) is 71.9 Å². The summed E-state index contributed by atoms with van der Waals surface area (Å²) in [5, 5.41) is 18.2. The Balaban J connectivity index is 0.000000154. The lowest BCUT2D eigenvalue weighted by molar-refractivity contribution is -0.138. The molecule has 2 aliphatic heterocycles. The third-order valence-electron chi connectivity index (χ3n) is 14.9. The zero-order valence-electron chi connectivity index (χ0n) is 35.6. The van der Waals surface area contributed by atoms with Crippen LogP contribution in [-0.4, -0.2) is 35.4 Å². The van der Waals surface area contributed by atoms with Crippen LogP contribution in [0.1, 0.15) is 172 Å². The van der Waals surface area contributed by atoms with Crippen LogP contribution in [0.2, 0.25) is 0 Å². The standard InChI is InChI=1S/2C26H30O4/c2*1-26(2)12-4-7-22(26)20-5-3-6-21-19(20)10-11-23(21)30-17-8-9-18-16(13-25(27)28)15-29-24(18)14-17/h2*3,5-6,8-9,14,16,22-23H,4,7,10-13,15H2,1-2H3,(H,27,28)/t16-,22+,23-;16-,22-,23-/m11/s1. The van der Waals surface area contributed by atoms with E-state index < -0.39 is 11.9 Å². The summed E-state index contributed by atoms with van der Waals surface area (Å²) in [7, 11) is 0. The highest BCUT2D eigenvalue weighted by molar-refractivity contribution is 5.69. The Morgan fingerprint density at radius 2 is 1.00 bits per heavy atom. The fraction of sp³-hybridized carbons (Fsp3) is 0.500. The van der Waals surface area contributed by atoms with Gasteiger partial charge in [-0.3, -0.25) is 9.59 Å². The molecule has 10 rings (SSSR count). The molecule has 8 nitrogen and oxygen atoms in total. The molecule has 6 aliphatic rings. The third kappa shape index (κ3) is 7.87. The third-order valence-corrected chi connectivity index (χ3v) is 14.9. The van der Waals surface area contributed by atoms with Crippen LogP contribution in [0.5, 0.6) is 23.0 Å². The summed E-state index contributed by atoms with van der Waals surface area (Å²) in [6.07, 6.45) is 12.3. The van der Waals surface area contributed by atoms with E-state index in [0.29, 0.717) is 35.9 Å². The normalized spacial score (nSPS) is 26.1. The van der Waals surface area contributed by atoms with Crippen molar-refractivity contribution in [2.24, 2.45) is 10.8 Å². The van der Waals surface area contributed by atoms with E-state index in [-0.39, 0.29) is 36.9 Å². The maximum absolute atomic E-state index is 11.1. The number of carboxylic acids is 2. The zero-order valence-corrected chi connectivity index (χ0v) is 35.6. The van der Waals surface area contributed by atoms with Gasteiger partial charge in [-0.1, -0.05) is 89.1 Å². The molecular weight excluding hydrogens is 753 g/mol. The molecule has 4 aromatic carbocycles. The number of carboxylic acid groups (broad SMARTS) is 2. The Labute approximate surface area is 354 Å². The summed E-state index contributed by atoms with van der Waals surface area (Å²) in [6.45, 7) is 10.5. The number of ether oxygens (including phenoxy) is 4. The van der Waals surface area contributed by atoms with Crippen LogP contribution >= 0.6 is 0 Å². The molecule has 0 spiro atoms. The predicted octanol–water partition coefficient (Wildman–Crippen LogP) is 12.0. The van der Waals surface area contributed by atoms with Crippen molar-refractivity contribution in [3.63, 3.8) is 0 Å². The SMILES string of the molecule is CC1(C)CCC[C@@H]1c1cccc2c1CC[C@H]2Oc1ccc2c(c1)OC[C@H]2CC(=O)O.CC1(C)CCC[C@H]1c1cccc2c1CC[C@H]2Oc1ccc2c(c1)OC[C@H]2CC(=O)O. The van der Waals surface area contributed by atoms with Gasteiger partial charge in [0.15, 0.2) is 0 Å². The van der Waals surface area contributed by atoms with Crippen LogP contribution in [0, 0.1) is 10.8 Å². The van der Waals surface area contributed by atoms with Gasteiger partial charge in [0.25, 0.3) is 0 Å². The van der Waals surface area contributed by atoms with E-state index in [1.54, 1.807) is 0 Å². The van der Waals surface area contributed by atoms with Crippen molar-refractivity contribution in [3.8, 4) is 23.0 Å². The number of fused-ring (bicyclic) bond motifs is 4. The van der Waals surface area contributed by atoms with Crippen LogP contribution in [0.15, 0.2) is 72.8 Å². The molecule has 2 N–H and O–H groups in total. The van der Waals surface area contributed by atoms with Gasteiger partial charge in [-0.25, -0.2) is 0 Å². The van der Waals surface area contributed by atoms with Crippen molar-refractivity contribution in [1.29, 1.82) is 0 Å². The van der Waals surface area contributed by atoms with Gasteiger partial charge in [-0.15, -0.1) is 0 Å². The van der Waals surface area contributed by atoms with Gasteiger partial charge in [-0.05, 0) is 120 Å². The fourth-order valence-electron chi connectivity index (χ4n) is 11.7. The largest absolute Gasteiger partial charge is 0.492 e. The Hall–Kier alpha value is -4.98. The quantitative estimate of drug-likeness (QED) is 0.163. The van der Waals surface area contributed by atoms with E-state index in [2.05, 4.69) is 64.1 Å². The summed E-state index contributed by atoms with van der Waals surface area (Å²) in [4.78, 5) is 22.1. The number of carbonyl (C=O) groups is 2. The predicted molar refractivity (Wildman–Crippen MR) is 231 cm³/mol. The van der Waals surface area contributed by atoms with Gasteiger partial charge in [-0.2, -0.15) is 0 Å². The summed E-state index contributed by atoms with van der Waals surface area (Å²) in [5.41, 5.74) is 11.4. The first-order chi connectivity index (χ1) is 28.8. The molecule has 6 atom stereocenters. The number of hydrogen-bond donors (Lipinski definition) is 2. The van der Waals surface area contributed by atoms with Crippen LogP contribution in [0.3, 0.4) is 0 Å². The van der Waals surface area contributed by atoms with Crippen molar-refractivity contribution < 1.29 is 38.7 Å². The zero-order chi connectivity index (χ0) is 41.8. The van der Waals surface area contributed by atoms with Gasteiger partial charge in [0, 0.05) is 35.1 Å². The van der Waals surface area contributed by atoms with E-state index in [9.17, 15) is 9.59 Å². The van der Waals surface area contributed by atoms with Gasteiger partial charge >= 0.3 is 11.9 Å². The first-order valence-electron chi connectivity index (χ1n) is 22.4. The van der Waals surface area contributed by atoms with Crippen molar-refractivity contribution in [2.45, 2.75) is 141 Å². The molecule has 0 amide bonds. The van der Waals surface area contributed by atoms with E-state index in [4.69, 9.17) is 29.2 Å². The minimum Gasteiger partial charge on any atom is -0.492 e. The molecule has 0 unspecified atom stereocenters. The average molecular weight is 813 g/mol. The van der Waals surface area contributed by atoms with E-state index in [1.807, 2.05) is 36.4 Å². The van der Waals surface area contributed by atoms with Gasteiger partial charge in [0.1, 0.15) is 35.2 Å². The second-order valence-electron chi connectivity index (χ2n) is 19.6. The van der Waals surface area contributed by atoms with Gasteiger partial charge in [0.05, 0.1) is 26.1 Å². The number of hydrogen-bond acceptors (Lipinski definition) is 6. The molecule has 0 bridgehead atoms. The van der Waals surface area contributed by atoms with Crippen molar-refractivity contribution in [1.82, 2.24) is 0 Å². The summed E-state index contributed by atoms with van der Waals surface area (Å²) >= 11 is 0. The molecule has 0 saturated heterocycles. The average Bonchev–Trinajstić information content (AvgIpc) is 4.08. The minimum atomic E-state index is -0.791. The van der Waals surface area contributed by atoms with E-state index in [0.717, 1.165) is 59.8 Å². The molecule has 2 saturated carbocycles. The summed E-state index contributed by atoms with van der Waals surface area (Å²) < 4.78 is 24.3. The van der Waals surface area contributed by atoms with E-state index >= 15 is 0 Å². The number of rotatable bonds is 10. The highest BCUT2D eigenvalue weighted by atomic mass is 16.5. The smallest absolute Gasteiger partial charge is 0.304 e. The van der Waals surface area contributed by atoms with Gasteiger partial charge < -0.3 is 29.2 Å². The Morgan fingerprint density at radius 3 is 1.38 bits per heavy atom. The topological polar surface area (TPSA) is 112 Å². The monoisotopic (exact) mass is 812 g/mol. The number of aliphatic carboxylic acids is 2. The molecule has 0 aromatic heterocycles. The molecule has 8 heteroatoms. The van der Waals surface area contributed by atoms with Crippen molar-refractivity contribution >= 4 is 11.9 Å². The molecule has 2 fully saturated rings. The fourth-order valence-corrected chi connectivity index (χ4v) is 11.7. The Kier molecular flexibility index (Phi) is 10.9. The molecule has 4 aliphatic carbocycles. The summed E-state index contributed by atoms with van der Waals surface area (Å²) in [6, 6.07) is 25.3. The first kappa shape index (κ1) is 40.4. The second kappa shape index (κ2) is 16.1. The van der Waals surface area contributed by atoms with Crippen LogP contribution < -0.4 is 18.9 Å². The Morgan fingerprint density at radius 1 is 0.583 bits per heavy atom.